The molecule has 1 atom stereocenters. The quantitative estimate of drug-likeness (QED) is 0.858. The van der Waals surface area contributed by atoms with E-state index in [4.69, 9.17) is 0 Å². The van der Waals surface area contributed by atoms with Crippen molar-refractivity contribution in [2.24, 2.45) is 5.92 Å². The number of rotatable bonds is 2. The molecule has 1 fully saturated rings. The highest BCUT2D eigenvalue weighted by Gasteiger charge is 2.29. The molecule has 2 heterocycles. The average molecular weight is 260 g/mol. The summed E-state index contributed by atoms with van der Waals surface area (Å²) in [4.78, 5) is 13.8. The lowest BCUT2D eigenvalue weighted by Crippen LogP contribution is -2.33. The fourth-order valence-corrected chi connectivity index (χ4v) is 3.03. The molecule has 0 bridgehead atoms. The summed E-state index contributed by atoms with van der Waals surface area (Å²) < 4.78 is 0. The third-order valence-electron chi connectivity index (χ3n) is 4.39. The molecule has 102 valence electrons. The number of piperidine rings is 1. The van der Waals surface area contributed by atoms with Gasteiger partial charge in [0, 0.05) is 30.0 Å². The van der Waals surface area contributed by atoms with Crippen LogP contribution in [0.3, 0.4) is 0 Å². The summed E-state index contributed by atoms with van der Waals surface area (Å²) in [6.07, 6.45) is 2.74. The summed E-state index contributed by atoms with van der Waals surface area (Å²) in [6.45, 7) is 4.41. The van der Waals surface area contributed by atoms with Crippen molar-refractivity contribution in [3.63, 3.8) is 0 Å². The molecule has 1 saturated heterocycles. The van der Waals surface area contributed by atoms with Crippen molar-refractivity contribution in [2.75, 3.05) is 23.3 Å². The lowest BCUT2D eigenvalue weighted by molar-refractivity contribution is -0.123. The number of amides is 1. The van der Waals surface area contributed by atoms with Gasteiger partial charge in [0.2, 0.25) is 0 Å². The van der Waals surface area contributed by atoms with Crippen LogP contribution >= 0.6 is 0 Å². The standard InChI is InChI=1S/C15H20N2O2/c1-2-10-5-7-17(8-6-10)11-3-4-12-13(9-11)16-15(19)14(12)18/h3-4,9-10,14,18H,2,5-8H2,1H3,(H,16,19). The Labute approximate surface area is 113 Å². The molecule has 1 aromatic rings. The molecule has 0 saturated carbocycles. The SMILES string of the molecule is CCC1CCN(c2ccc3c(c2)NC(=O)C3O)CC1. The summed E-state index contributed by atoms with van der Waals surface area (Å²) in [6, 6.07) is 5.85. The van der Waals surface area contributed by atoms with Gasteiger partial charge in [-0.05, 0) is 30.9 Å². The molecular formula is C15H20N2O2. The van der Waals surface area contributed by atoms with Gasteiger partial charge in [0.1, 0.15) is 0 Å². The van der Waals surface area contributed by atoms with Gasteiger partial charge in [0.05, 0.1) is 0 Å². The van der Waals surface area contributed by atoms with Crippen LogP contribution in [0.4, 0.5) is 11.4 Å². The van der Waals surface area contributed by atoms with E-state index in [2.05, 4.69) is 17.1 Å². The third kappa shape index (κ3) is 2.21. The lowest BCUT2D eigenvalue weighted by Gasteiger charge is -2.33. The van der Waals surface area contributed by atoms with E-state index in [0.29, 0.717) is 5.56 Å². The molecule has 2 aliphatic rings. The van der Waals surface area contributed by atoms with Crippen molar-refractivity contribution < 1.29 is 9.90 Å². The van der Waals surface area contributed by atoms with Gasteiger partial charge < -0.3 is 15.3 Å². The molecule has 3 rings (SSSR count). The fraction of sp³-hybridized carbons (Fsp3) is 0.533. The fourth-order valence-electron chi connectivity index (χ4n) is 3.03. The second-order valence-corrected chi connectivity index (χ2v) is 5.50. The molecule has 0 aromatic heterocycles. The van der Waals surface area contributed by atoms with E-state index in [1.54, 1.807) is 0 Å². The number of aliphatic hydroxyl groups is 1. The normalized spacial score (nSPS) is 23.4. The van der Waals surface area contributed by atoms with Crippen molar-refractivity contribution in [3.8, 4) is 0 Å². The first-order valence-corrected chi connectivity index (χ1v) is 7.07. The van der Waals surface area contributed by atoms with Crippen LogP contribution in [0.1, 0.15) is 37.9 Å². The summed E-state index contributed by atoms with van der Waals surface area (Å²) in [7, 11) is 0. The molecule has 2 aliphatic heterocycles. The van der Waals surface area contributed by atoms with Crippen molar-refractivity contribution in [1.29, 1.82) is 0 Å². The molecule has 2 N–H and O–H groups in total. The van der Waals surface area contributed by atoms with E-state index >= 15 is 0 Å². The van der Waals surface area contributed by atoms with Gasteiger partial charge in [0.25, 0.3) is 5.91 Å². The number of nitrogens with zero attached hydrogens (tertiary/aromatic N) is 1. The number of hydrogen-bond donors (Lipinski definition) is 2. The van der Waals surface area contributed by atoms with E-state index in [1.807, 2.05) is 18.2 Å². The second kappa shape index (κ2) is 4.85. The second-order valence-electron chi connectivity index (χ2n) is 5.50. The smallest absolute Gasteiger partial charge is 0.257 e. The predicted molar refractivity (Wildman–Crippen MR) is 75.3 cm³/mol. The minimum Gasteiger partial charge on any atom is -0.378 e. The Balaban J connectivity index is 1.77. The average Bonchev–Trinajstić information content (AvgIpc) is 2.74. The number of anilines is 2. The monoisotopic (exact) mass is 260 g/mol. The first-order chi connectivity index (χ1) is 9.19. The summed E-state index contributed by atoms with van der Waals surface area (Å²) in [5, 5.41) is 12.4. The van der Waals surface area contributed by atoms with Crippen LogP contribution in [0.5, 0.6) is 0 Å². The van der Waals surface area contributed by atoms with Crippen molar-refractivity contribution in [2.45, 2.75) is 32.3 Å². The van der Waals surface area contributed by atoms with Crippen LogP contribution in [0, 0.1) is 5.92 Å². The molecule has 1 amide bonds. The van der Waals surface area contributed by atoms with Crippen LogP contribution in [-0.4, -0.2) is 24.1 Å². The van der Waals surface area contributed by atoms with Crippen LogP contribution in [0.2, 0.25) is 0 Å². The van der Waals surface area contributed by atoms with Gasteiger partial charge in [-0.3, -0.25) is 4.79 Å². The van der Waals surface area contributed by atoms with Gasteiger partial charge >= 0.3 is 0 Å². The van der Waals surface area contributed by atoms with E-state index in [-0.39, 0.29) is 5.91 Å². The zero-order valence-corrected chi connectivity index (χ0v) is 11.2. The van der Waals surface area contributed by atoms with Crippen molar-refractivity contribution >= 4 is 17.3 Å². The number of benzene rings is 1. The number of carbonyl (C=O) groups is 1. The molecular weight excluding hydrogens is 240 g/mol. The third-order valence-corrected chi connectivity index (χ3v) is 4.39. The van der Waals surface area contributed by atoms with Crippen LogP contribution in [-0.2, 0) is 4.79 Å². The molecule has 4 heteroatoms. The first-order valence-electron chi connectivity index (χ1n) is 7.07. The highest BCUT2D eigenvalue weighted by atomic mass is 16.3. The summed E-state index contributed by atoms with van der Waals surface area (Å²) in [5.74, 6) is 0.532. The zero-order valence-electron chi connectivity index (χ0n) is 11.2. The molecule has 1 aromatic carbocycles. The Morgan fingerprint density at radius 3 is 2.79 bits per heavy atom. The van der Waals surface area contributed by atoms with E-state index in [0.717, 1.165) is 30.4 Å². The van der Waals surface area contributed by atoms with Crippen LogP contribution in [0.25, 0.3) is 0 Å². The number of fused-ring (bicyclic) bond motifs is 1. The molecule has 4 nitrogen and oxygen atoms in total. The summed E-state index contributed by atoms with van der Waals surface area (Å²) >= 11 is 0. The number of nitrogens with one attached hydrogen (secondary N) is 1. The van der Waals surface area contributed by atoms with Gasteiger partial charge in [-0.2, -0.15) is 0 Å². The van der Waals surface area contributed by atoms with Gasteiger partial charge in [0.15, 0.2) is 6.10 Å². The summed E-state index contributed by atoms with van der Waals surface area (Å²) in [5.41, 5.74) is 2.59. The van der Waals surface area contributed by atoms with E-state index in [9.17, 15) is 9.90 Å². The van der Waals surface area contributed by atoms with Crippen LogP contribution < -0.4 is 10.2 Å². The van der Waals surface area contributed by atoms with Gasteiger partial charge in [-0.25, -0.2) is 0 Å². The topological polar surface area (TPSA) is 52.6 Å². The van der Waals surface area contributed by atoms with E-state index in [1.165, 1.54) is 19.3 Å². The highest BCUT2D eigenvalue weighted by Crippen LogP contribution is 2.35. The molecule has 0 spiro atoms. The highest BCUT2D eigenvalue weighted by molar-refractivity contribution is 6.02. The van der Waals surface area contributed by atoms with E-state index < -0.39 is 6.10 Å². The molecule has 0 radical (unpaired) electrons. The van der Waals surface area contributed by atoms with Crippen molar-refractivity contribution in [3.05, 3.63) is 23.8 Å². The Bertz CT molecular complexity index is 493. The Kier molecular flexibility index (Phi) is 3.19. The Morgan fingerprint density at radius 1 is 1.37 bits per heavy atom. The maximum Gasteiger partial charge on any atom is 0.257 e. The van der Waals surface area contributed by atoms with Crippen molar-refractivity contribution in [1.82, 2.24) is 0 Å². The first kappa shape index (κ1) is 12.5. The largest absolute Gasteiger partial charge is 0.378 e. The predicted octanol–water partition coefficient (Wildman–Crippen LogP) is 2.30. The number of hydrogen-bond acceptors (Lipinski definition) is 3. The minimum absolute atomic E-state index is 0.322. The zero-order chi connectivity index (χ0) is 13.4. The minimum atomic E-state index is -1.00. The van der Waals surface area contributed by atoms with Gasteiger partial charge in [-0.15, -0.1) is 0 Å². The lowest BCUT2D eigenvalue weighted by atomic mass is 9.94. The Hall–Kier alpha value is -1.55. The Morgan fingerprint density at radius 2 is 2.11 bits per heavy atom. The molecule has 1 unspecified atom stereocenters. The molecule has 19 heavy (non-hydrogen) atoms. The maximum atomic E-state index is 11.4. The van der Waals surface area contributed by atoms with Gasteiger partial charge in [-0.1, -0.05) is 19.4 Å². The number of carbonyl (C=O) groups excluding carboxylic acids is 1. The number of aliphatic hydroxyl groups excluding tert-OH is 1. The maximum absolute atomic E-state index is 11.4. The molecule has 0 aliphatic carbocycles. The van der Waals surface area contributed by atoms with Crippen LogP contribution in [0.15, 0.2) is 18.2 Å².